The van der Waals surface area contributed by atoms with Gasteiger partial charge in [0.1, 0.15) is 0 Å². The molecule has 1 fully saturated rings. The second-order valence-electron chi connectivity index (χ2n) is 4.34. The SMILES string of the molecule is C(=C1CCNCC1)n1nnc(-c2ccccc2)n1. The molecule has 18 heavy (non-hydrogen) atoms. The number of hydrogen-bond donors (Lipinski definition) is 1. The predicted molar refractivity (Wildman–Crippen MR) is 69.6 cm³/mol. The maximum absolute atomic E-state index is 4.37. The molecule has 5 heteroatoms. The van der Waals surface area contributed by atoms with Crippen LogP contribution < -0.4 is 5.32 Å². The zero-order valence-electron chi connectivity index (χ0n) is 10.1. The third kappa shape index (κ3) is 2.46. The molecule has 92 valence electrons. The van der Waals surface area contributed by atoms with Crippen LogP contribution in [0.2, 0.25) is 0 Å². The molecule has 0 bridgehead atoms. The van der Waals surface area contributed by atoms with E-state index in [2.05, 4.69) is 20.7 Å². The van der Waals surface area contributed by atoms with E-state index in [0.717, 1.165) is 31.5 Å². The van der Waals surface area contributed by atoms with Gasteiger partial charge in [-0.25, -0.2) is 0 Å². The number of nitrogens with zero attached hydrogens (tertiary/aromatic N) is 4. The molecule has 1 aromatic heterocycles. The first-order valence-electron chi connectivity index (χ1n) is 6.17. The molecule has 2 aromatic rings. The van der Waals surface area contributed by atoms with Crippen LogP contribution in [-0.4, -0.2) is 33.3 Å². The third-order valence-electron chi connectivity index (χ3n) is 3.00. The zero-order chi connectivity index (χ0) is 12.2. The maximum atomic E-state index is 4.37. The molecule has 0 aliphatic carbocycles. The van der Waals surface area contributed by atoms with Gasteiger partial charge in [-0.2, -0.15) is 0 Å². The van der Waals surface area contributed by atoms with Crippen LogP contribution in [0.15, 0.2) is 35.9 Å². The minimum absolute atomic E-state index is 0.668. The average molecular weight is 241 g/mol. The van der Waals surface area contributed by atoms with Gasteiger partial charge in [0.25, 0.3) is 0 Å². The second kappa shape index (κ2) is 5.10. The Morgan fingerprint density at radius 1 is 1.11 bits per heavy atom. The van der Waals surface area contributed by atoms with Crippen molar-refractivity contribution in [3.8, 4) is 11.4 Å². The normalized spacial score (nSPS) is 15.7. The van der Waals surface area contributed by atoms with Crippen LogP contribution in [0.5, 0.6) is 0 Å². The number of benzene rings is 1. The van der Waals surface area contributed by atoms with Crippen LogP contribution in [0.25, 0.3) is 17.6 Å². The molecule has 0 spiro atoms. The number of tetrazole rings is 1. The van der Waals surface area contributed by atoms with Crippen LogP contribution in [0.4, 0.5) is 0 Å². The standard InChI is InChI=1S/C13H15N5/c1-2-4-12(5-3-1)13-15-17-18(16-13)10-11-6-8-14-9-7-11/h1-5,10,14H,6-9H2. The van der Waals surface area contributed by atoms with Gasteiger partial charge in [0, 0.05) is 5.56 Å². The summed E-state index contributed by atoms with van der Waals surface area (Å²) in [6.45, 7) is 2.07. The largest absolute Gasteiger partial charge is 0.316 e. The first-order valence-corrected chi connectivity index (χ1v) is 6.17. The van der Waals surface area contributed by atoms with Crippen molar-refractivity contribution in [2.24, 2.45) is 0 Å². The first kappa shape index (κ1) is 11.1. The summed E-state index contributed by atoms with van der Waals surface area (Å²) < 4.78 is 0. The van der Waals surface area contributed by atoms with Crippen molar-refractivity contribution < 1.29 is 0 Å². The van der Waals surface area contributed by atoms with Crippen LogP contribution in [0, 0.1) is 0 Å². The van der Waals surface area contributed by atoms with E-state index in [-0.39, 0.29) is 0 Å². The Morgan fingerprint density at radius 2 is 1.89 bits per heavy atom. The Labute approximate surface area is 106 Å². The molecular weight excluding hydrogens is 226 g/mol. The fourth-order valence-corrected chi connectivity index (χ4v) is 2.02. The van der Waals surface area contributed by atoms with Gasteiger partial charge < -0.3 is 5.32 Å². The van der Waals surface area contributed by atoms with Crippen LogP contribution in [0.3, 0.4) is 0 Å². The van der Waals surface area contributed by atoms with E-state index in [1.54, 1.807) is 4.80 Å². The highest BCUT2D eigenvalue weighted by Gasteiger charge is 2.07. The molecule has 1 saturated heterocycles. The Kier molecular flexibility index (Phi) is 3.14. The highest BCUT2D eigenvalue weighted by atomic mass is 15.6. The predicted octanol–water partition coefficient (Wildman–Crippen LogP) is 1.56. The van der Waals surface area contributed by atoms with Gasteiger partial charge >= 0.3 is 0 Å². The molecule has 3 rings (SSSR count). The lowest BCUT2D eigenvalue weighted by Crippen LogP contribution is -2.23. The summed E-state index contributed by atoms with van der Waals surface area (Å²) in [4.78, 5) is 1.57. The van der Waals surface area contributed by atoms with E-state index in [4.69, 9.17) is 0 Å². The maximum Gasteiger partial charge on any atom is 0.205 e. The summed E-state index contributed by atoms with van der Waals surface area (Å²) in [7, 11) is 0. The van der Waals surface area contributed by atoms with Crippen molar-refractivity contribution >= 4 is 6.20 Å². The summed E-state index contributed by atoms with van der Waals surface area (Å²) in [5.41, 5.74) is 2.36. The lowest BCUT2D eigenvalue weighted by atomic mass is 10.1. The number of rotatable bonds is 2. The Bertz CT molecular complexity index is 536. The van der Waals surface area contributed by atoms with Gasteiger partial charge in [-0.3, -0.25) is 0 Å². The van der Waals surface area contributed by atoms with E-state index in [0.29, 0.717) is 5.82 Å². The summed E-state index contributed by atoms with van der Waals surface area (Å²) in [5, 5.41) is 15.8. The number of nitrogens with one attached hydrogen (secondary N) is 1. The van der Waals surface area contributed by atoms with Crippen LogP contribution in [-0.2, 0) is 0 Å². The summed E-state index contributed by atoms with van der Waals surface area (Å²) in [5.74, 6) is 0.668. The topological polar surface area (TPSA) is 55.6 Å². The monoisotopic (exact) mass is 241 g/mol. The Balaban J connectivity index is 1.81. The van der Waals surface area contributed by atoms with E-state index in [9.17, 15) is 0 Å². The molecule has 0 amide bonds. The Morgan fingerprint density at radius 3 is 2.67 bits per heavy atom. The molecule has 1 N–H and O–H groups in total. The zero-order valence-corrected chi connectivity index (χ0v) is 10.1. The van der Waals surface area contributed by atoms with Crippen molar-refractivity contribution in [3.05, 3.63) is 35.9 Å². The fraction of sp³-hybridized carbons (Fsp3) is 0.308. The van der Waals surface area contributed by atoms with Crippen LogP contribution >= 0.6 is 0 Å². The van der Waals surface area contributed by atoms with Gasteiger partial charge in [-0.1, -0.05) is 30.3 Å². The Hall–Kier alpha value is -2.01. The van der Waals surface area contributed by atoms with Gasteiger partial charge in [0.15, 0.2) is 0 Å². The minimum atomic E-state index is 0.668. The summed E-state index contributed by atoms with van der Waals surface area (Å²) >= 11 is 0. The molecule has 0 saturated carbocycles. The molecular formula is C13H15N5. The van der Waals surface area contributed by atoms with E-state index < -0.39 is 0 Å². The van der Waals surface area contributed by atoms with Crippen molar-refractivity contribution in [2.75, 3.05) is 13.1 Å². The van der Waals surface area contributed by atoms with E-state index in [1.165, 1.54) is 5.57 Å². The molecule has 2 heterocycles. The average Bonchev–Trinajstić information content (AvgIpc) is 2.89. The number of hydrogen-bond acceptors (Lipinski definition) is 4. The molecule has 0 unspecified atom stereocenters. The van der Waals surface area contributed by atoms with Gasteiger partial charge in [0.2, 0.25) is 5.82 Å². The molecule has 5 nitrogen and oxygen atoms in total. The number of piperidine rings is 1. The summed E-state index contributed by atoms with van der Waals surface area (Å²) in [6, 6.07) is 9.89. The van der Waals surface area contributed by atoms with E-state index in [1.807, 2.05) is 36.5 Å². The molecule has 0 radical (unpaired) electrons. The van der Waals surface area contributed by atoms with Crippen molar-refractivity contribution in [1.82, 2.24) is 25.5 Å². The van der Waals surface area contributed by atoms with Crippen molar-refractivity contribution in [3.63, 3.8) is 0 Å². The van der Waals surface area contributed by atoms with Gasteiger partial charge in [-0.05, 0) is 36.7 Å². The quantitative estimate of drug-likeness (QED) is 0.867. The molecule has 1 aliphatic rings. The number of aromatic nitrogens is 4. The van der Waals surface area contributed by atoms with Crippen LogP contribution in [0.1, 0.15) is 12.8 Å². The minimum Gasteiger partial charge on any atom is -0.316 e. The third-order valence-corrected chi connectivity index (χ3v) is 3.00. The smallest absolute Gasteiger partial charge is 0.205 e. The van der Waals surface area contributed by atoms with Gasteiger partial charge in [0.05, 0.1) is 6.20 Å². The van der Waals surface area contributed by atoms with E-state index >= 15 is 0 Å². The molecule has 0 atom stereocenters. The van der Waals surface area contributed by atoms with Gasteiger partial charge in [-0.15, -0.1) is 15.0 Å². The molecule has 1 aliphatic heterocycles. The summed E-state index contributed by atoms with van der Waals surface area (Å²) in [6.07, 6.45) is 4.10. The lowest BCUT2D eigenvalue weighted by molar-refractivity contribution is 0.606. The van der Waals surface area contributed by atoms with Crippen molar-refractivity contribution in [1.29, 1.82) is 0 Å². The van der Waals surface area contributed by atoms with Crippen molar-refractivity contribution in [2.45, 2.75) is 12.8 Å². The highest BCUT2D eigenvalue weighted by Crippen LogP contribution is 2.14. The first-order chi connectivity index (χ1) is 8.92. The second-order valence-corrected chi connectivity index (χ2v) is 4.34. The fourth-order valence-electron chi connectivity index (χ4n) is 2.02. The lowest BCUT2D eigenvalue weighted by Gasteiger charge is -2.14. The molecule has 1 aromatic carbocycles. The highest BCUT2D eigenvalue weighted by molar-refractivity contribution is 5.53.